The highest BCUT2D eigenvalue weighted by molar-refractivity contribution is 6.39. The lowest BCUT2D eigenvalue weighted by Gasteiger charge is -2.24. The minimum atomic E-state index is -2.17. The third-order valence-corrected chi connectivity index (χ3v) is 8.98. The third kappa shape index (κ3) is 3.53. The van der Waals surface area contributed by atoms with Crippen molar-refractivity contribution in [2.24, 2.45) is 0 Å². The van der Waals surface area contributed by atoms with Gasteiger partial charge < -0.3 is 25.0 Å². The topological polar surface area (TPSA) is 184 Å². The number of rotatable bonds is 4. The van der Waals surface area contributed by atoms with Gasteiger partial charge in [0, 0.05) is 35.1 Å². The van der Waals surface area contributed by atoms with E-state index in [-0.39, 0.29) is 23.8 Å². The fourth-order valence-electron chi connectivity index (χ4n) is 7.07. The van der Waals surface area contributed by atoms with E-state index >= 15 is 0 Å². The number of nitrogens with one attached hydrogen (secondary N) is 1. The molecule has 11 heteroatoms. The van der Waals surface area contributed by atoms with Crippen molar-refractivity contribution in [3.8, 4) is 28.4 Å². The van der Waals surface area contributed by atoms with Gasteiger partial charge in [-0.05, 0) is 60.7 Å². The van der Waals surface area contributed by atoms with Gasteiger partial charge in [0.1, 0.15) is 22.7 Å². The lowest BCUT2D eigenvalue weighted by Crippen LogP contribution is -2.36. The molecule has 11 nitrogen and oxygen atoms in total. The van der Waals surface area contributed by atoms with E-state index in [2.05, 4.69) is 9.97 Å². The highest BCUT2D eigenvalue weighted by atomic mass is 16.5. The molecule has 2 heterocycles. The summed E-state index contributed by atoms with van der Waals surface area (Å²) in [6.07, 6.45) is 10.8. The molecule has 0 fully saturated rings. The highest BCUT2D eigenvalue weighted by Crippen LogP contribution is 2.59. The molecule has 0 aliphatic heterocycles. The Balaban J connectivity index is 1.55. The quantitative estimate of drug-likeness (QED) is 0.145. The average Bonchev–Trinajstić information content (AvgIpc) is 3.54. The smallest absolute Gasteiger partial charge is 0.260 e. The molecular weight excluding hydrogens is 592 g/mol. The number of hydrogen-bond donors (Lipinski definition) is 4. The second-order valence-corrected chi connectivity index (χ2v) is 11.2. The minimum absolute atomic E-state index is 0.0903. The van der Waals surface area contributed by atoms with Crippen LogP contribution >= 0.6 is 0 Å². The summed E-state index contributed by atoms with van der Waals surface area (Å²) < 4.78 is 4.96. The summed E-state index contributed by atoms with van der Waals surface area (Å²) in [6.45, 7) is 1.84. The molecule has 7 rings (SSSR count). The Bertz CT molecular complexity index is 2280. The van der Waals surface area contributed by atoms with E-state index in [1.165, 1.54) is 0 Å². The first-order valence-corrected chi connectivity index (χ1v) is 14.3. The molecule has 3 aliphatic carbocycles. The normalized spacial score (nSPS) is 18.6. The van der Waals surface area contributed by atoms with Gasteiger partial charge in [0.05, 0.1) is 34.7 Å². The summed E-state index contributed by atoms with van der Waals surface area (Å²) in [4.78, 5) is 75.4. The summed E-state index contributed by atoms with van der Waals surface area (Å²) in [5.41, 5.74) is -3.59. The number of pyridine rings is 2. The van der Waals surface area contributed by atoms with Crippen LogP contribution < -0.4 is 5.56 Å². The number of aromatic hydroxyl groups is 3. The molecule has 0 saturated carbocycles. The summed E-state index contributed by atoms with van der Waals surface area (Å²) in [7, 11) is 1.14. The maximum absolute atomic E-state index is 14.5. The number of aromatic nitrogens is 2. The van der Waals surface area contributed by atoms with Gasteiger partial charge in [0.2, 0.25) is 5.78 Å². The van der Waals surface area contributed by atoms with E-state index in [1.807, 2.05) is 13.0 Å². The summed E-state index contributed by atoms with van der Waals surface area (Å²) in [5, 5.41) is 34.6. The van der Waals surface area contributed by atoms with E-state index in [9.17, 15) is 39.3 Å². The summed E-state index contributed by atoms with van der Waals surface area (Å²) >= 11 is 0. The maximum Gasteiger partial charge on any atom is 0.260 e. The van der Waals surface area contributed by atoms with Crippen molar-refractivity contribution < 1.29 is 39.2 Å². The van der Waals surface area contributed by atoms with Crippen molar-refractivity contribution in [3.63, 3.8) is 0 Å². The number of H-pyrrole nitrogens is 1. The van der Waals surface area contributed by atoms with E-state index in [1.54, 1.807) is 48.8 Å². The van der Waals surface area contributed by atoms with E-state index < -0.39 is 79.4 Å². The molecular formula is C35H24N2O9. The zero-order valence-electron chi connectivity index (χ0n) is 24.4. The fourth-order valence-corrected chi connectivity index (χ4v) is 7.07. The summed E-state index contributed by atoms with van der Waals surface area (Å²) in [5.74, 6) is -6.71. The van der Waals surface area contributed by atoms with Crippen molar-refractivity contribution in [1.82, 2.24) is 9.97 Å². The lowest BCUT2D eigenvalue weighted by atomic mass is 9.75. The van der Waals surface area contributed by atoms with Crippen LogP contribution in [0.2, 0.25) is 0 Å². The van der Waals surface area contributed by atoms with Gasteiger partial charge in [-0.3, -0.25) is 29.0 Å². The second kappa shape index (κ2) is 9.96. The standard InChI is InChI=1S/C35H24N2O9/c1-3-4-5-6-16-13-18-21(15-8-11-36-12-9-15)17-7-10-35(27(17)31(42)22(18)34(45)37-16)32(43)25-26(33(35)44)30(41)24-23(29(25)40)19(38)14-20(46-2)28(24)39/h3-6,8-9,11-14,40-42H,7,10H2,1-2H3,(H,37,45)/b4-3+,6-5+/t35-/m0/s1. The monoisotopic (exact) mass is 616 g/mol. The summed E-state index contributed by atoms with van der Waals surface area (Å²) in [6, 6.07) is 5.09. The number of ether oxygens (including phenoxy) is 1. The van der Waals surface area contributed by atoms with Gasteiger partial charge in [-0.1, -0.05) is 18.2 Å². The largest absolute Gasteiger partial charge is 0.507 e. The van der Waals surface area contributed by atoms with E-state index in [4.69, 9.17) is 4.74 Å². The van der Waals surface area contributed by atoms with Gasteiger partial charge in [-0.2, -0.15) is 0 Å². The number of fused-ring (bicyclic) bond motifs is 5. The van der Waals surface area contributed by atoms with Crippen molar-refractivity contribution in [1.29, 1.82) is 0 Å². The number of phenols is 3. The predicted molar refractivity (Wildman–Crippen MR) is 165 cm³/mol. The molecule has 0 amide bonds. The highest BCUT2D eigenvalue weighted by Gasteiger charge is 2.62. The first kappa shape index (κ1) is 28.7. The fraction of sp³-hybridized carbons (Fsp3) is 0.143. The van der Waals surface area contributed by atoms with Crippen LogP contribution in [0.3, 0.4) is 0 Å². The molecule has 228 valence electrons. The van der Waals surface area contributed by atoms with Gasteiger partial charge in [-0.15, -0.1) is 0 Å². The van der Waals surface area contributed by atoms with E-state index in [0.717, 1.165) is 13.2 Å². The van der Waals surface area contributed by atoms with Crippen molar-refractivity contribution in [2.75, 3.05) is 7.11 Å². The van der Waals surface area contributed by atoms with Crippen molar-refractivity contribution in [2.45, 2.75) is 25.2 Å². The maximum atomic E-state index is 14.5. The van der Waals surface area contributed by atoms with E-state index in [0.29, 0.717) is 27.8 Å². The number of carbonyl (C=O) groups excluding carboxylic acids is 4. The number of ketones is 4. The number of aromatic amines is 1. The van der Waals surface area contributed by atoms with Gasteiger partial charge in [0.25, 0.3) is 5.56 Å². The van der Waals surface area contributed by atoms with Crippen LogP contribution in [0.15, 0.2) is 65.5 Å². The van der Waals surface area contributed by atoms with Crippen LogP contribution in [-0.2, 0) is 16.6 Å². The Kier molecular flexibility index (Phi) is 6.21. The van der Waals surface area contributed by atoms with Gasteiger partial charge in [-0.25, -0.2) is 0 Å². The SMILES string of the molecule is C/C=C/C=C/c1cc2c(-c3ccncc3)c3c(c(O)c2c(=O)[nH]1)[C@@]1(CC3)C(=O)c2c(O)c3c(c(O)c2C1=O)C(=O)C(OC)=CC3=O. The molecule has 3 aliphatic rings. The second-order valence-electron chi connectivity index (χ2n) is 11.2. The van der Waals surface area contributed by atoms with Gasteiger partial charge >= 0.3 is 0 Å². The average molecular weight is 617 g/mol. The first-order valence-electron chi connectivity index (χ1n) is 14.3. The van der Waals surface area contributed by atoms with Crippen LogP contribution in [0.25, 0.3) is 28.0 Å². The molecule has 2 aromatic heterocycles. The zero-order valence-corrected chi connectivity index (χ0v) is 24.4. The molecule has 4 N–H and O–H groups in total. The molecule has 2 aromatic carbocycles. The Morgan fingerprint density at radius 3 is 2.22 bits per heavy atom. The minimum Gasteiger partial charge on any atom is -0.507 e. The Labute approximate surface area is 259 Å². The van der Waals surface area contributed by atoms with Gasteiger partial charge in [0.15, 0.2) is 23.1 Å². The number of hydrogen-bond acceptors (Lipinski definition) is 10. The Hall–Kier alpha value is -6.10. The van der Waals surface area contributed by atoms with Crippen LogP contribution in [-0.4, -0.2) is 55.5 Å². The third-order valence-electron chi connectivity index (χ3n) is 8.98. The molecule has 0 saturated heterocycles. The van der Waals surface area contributed by atoms with Crippen LogP contribution in [0.1, 0.15) is 71.6 Å². The van der Waals surface area contributed by atoms with Crippen molar-refractivity contribution in [3.05, 3.63) is 110 Å². The zero-order chi connectivity index (χ0) is 32.7. The number of allylic oxidation sites excluding steroid dienone is 5. The van der Waals surface area contributed by atoms with Crippen LogP contribution in [0.4, 0.5) is 0 Å². The molecule has 46 heavy (non-hydrogen) atoms. The molecule has 0 radical (unpaired) electrons. The molecule has 1 atom stereocenters. The number of Topliss-reactive ketones (excluding diaryl/α,β-unsaturated/α-hetero) is 3. The first-order chi connectivity index (χ1) is 22.1. The van der Waals surface area contributed by atoms with Crippen molar-refractivity contribution >= 4 is 40.0 Å². The number of benzene rings is 2. The Morgan fingerprint density at radius 2 is 1.57 bits per heavy atom. The number of phenolic OH excluding ortho intramolecular Hbond substituents is 3. The number of nitrogens with zero attached hydrogens (tertiary/aromatic N) is 1. The van der Waals surface area contributed by atoms with Crippen LogP contribution in [0, 0.1) is 0 Å². The molecule has 1 spiro atoms. The number of carbonyl (C=O) groups is 4. The van der Waals surface area contributed by atoms with Crippen LogP contribution in [0.5, 0.6) is 17.2 Å². The number of methoxy groups -OCH3 is 1. The Morgan fingerprint density at radius 1 is 0.891 bits per heavy atom. The molecule has 4 aromatic rings. The molecule has 0 unspecified atom stereocenters. The molecule has 0 bridgehead atoms. The predicted octanol–water partition coefficient (Wildman–Crippen LogP) is 4.47. The lowest BCUT2D eigenvalue weighted by molar-refractivity contribution is 0.0790.